The fourth-order valence-electron chi connectivity index (χ4n) is 7.83. The lowest BCUT2D eigenvalue weighted by atomic mass is 10.0. The van der Waals surface area contributed by atoms with Gasteiger partial charge in [-0.2, -0.15) is 0 Å². The molecule has 0 aliphatic heterocycles. The number of hydrogen-bond donors (Lipinski definition) is 0. The first-order valence-electron chi connectivity index (χ1n) is 17.5. The van der Waals surface area contributed by atoms with Crippen LogP contribution >= 0.6 is 11.3 Å². The molecule has 8 aromatic carbocycles. The smallest absolute Gasteiger partial charge is 0.143 e. The van der Waals surface area contributed by atoms with Gasteiger partial charge in [-0.3, -0.25) is 0 Å². The van der Waals surface area contributed by atoms with Crippen LogP contribution in [0.15, 0.2) is 185 Å². The average Bonchev–Trinajstić information content (AvgIpc) is 3.90. The van der Waals surface area contributed by atoms with Crippen molar-refractivity contribution in [1.82, 2.24) is 0 Å². The average molecular weight is 684 g/mol. The molecule has 0 aliphatic carbocycles. The van der Waals surface area contributed by atoms with Crippen molar-refractivity contribution in [1.29, 1.82) is 0 Å². The number of furan rings is 2. The highest BCUT2D eigenvalue weighted by atomic mass is 32.1. The van der Waals surface area contributed by atoms with Gasteiger partial charge in [0.25, 0.3) is 0 Å². The number of fused-ring (bicyclic) bond motifs is 9. The summed E-state index contributed by atoms with van der Waals surface area (Å²) in [5, 5.41) is 7.09. The molecule has 3 heterocycles. The van der Waals surface area contributed by atoms with Gasteiger partial charge in [-0.25, -0.2) is 0 Å². The van der Waals surface area contributed by atoms with Crippen LogP contribution in [-0.2, 0) is 0 Å². The Kier molecular flexibility index (Phi) is 6.42. The second-order valence-corrected chi connectivity index (χ2v) is 14.3. The van der Waals surface area contributed by atoms with E-state index in [-0.39, 0.29) is 0 Å². The van der Waals surface area contributed by atoms with Crippen molar-refractivity contribution < 1.29 is 8.83 Å². The van der Waals surface area contributed by atoms with Crippen molar-refractivity contribution in [3.8, 4) is 22.3 Å². The maximum Gasteiger partial charge on any atom is 0.143 e. The van der Waals surface area contributed by atoms with Crippen molar-refractivity contribution in [2.45, 2.75) is 0 Å². The zero-order valence-electron chi connectivity index (χ0n) is 27.9. The van der Waals surface area contributed by atoms with Crippen LogP contribution in [-0.4, -0.2) is 0 Å². The molecule has 0 radical (unpaired) electrons. The van der Waals surface area contributed by atoms with E-state index in [1.807, 2.05) is 35.6 Å². The molecule has 0 fully saturated rings. The molecule has 0 N–H and O–H groups in total. The Balaban J connectivity index is 1.07. The van der Waals surface area contributed by atoms with E-state index >= 15 is 0 Å². The molecule has 0 unspecified atom stereocenters. The van der Waals surface area contributed by atoms with Gasteiger partial charge in [0.05, 0.1) is 10.4 Å². The zero-order chi connectivity index (χ0) is 34.2. The highest BCUT2D eigenvalue weighted by Crippen LogP contribution is 2.46. The number of para-hydroxylation sites is 3. The van der Waals surface area contributed by atoms with Gasteiger partial charge in [0.1, 0.15) is 22.3 Å². The zero-order valence-corrected chi connectivity index (χ0v) is 28.7. The van der Waals surface area contributed by atoms with E-state index in [0.29, 0.717) is 0 Å². The standard InChI is InChI=1S/C48H29NO2S/c1-4-19-43-36(12-1)38-27-24-31(29-45(38)50-43)30-22-25-33(26-23-30)49(42-18-9-17-41-39-14-3-6-21-46(39)52-48(41)42)34-11-7-10-32(28-34)35-15-8-16-40-37-13-2-5-20-44(37)51-47(35)40/h1-29H. The van der Waals surface area contributed by atoms with Gasteiger partial charge < -0.3 is 13.7 Å². The van der Waals surface area contributed by atoms with Crippen molar-refractivity contribution >= 4 is 92.4 Å². The van der Waals surface area contributed by atoms with Crippen molar-refractivity contribution in [2.24, 2.45) is 0 Å². The number of nitrogens with zero attached hydrogens (tertiary/aromatic N) is 1. The molecule has 52 heavy (non-hydrogen) atoms. The SMILES string of the molecule is c1cc(-c2cccc3c2oc2ccccc23)cc(N(c2ccc(-c3ccc4c(c3)oc3ccccc34)cc2)c2cccc3c2sc2ccccc23)c1. The molecule has 0 spiro atoms. The fourth-order valence-corrected chi connectivity index (χ4v) is 9.04. The third-order valence-corrected chi connectivity index (χ3v) is 11.5. The lowest BCUT2D eigenvalue weighted by Crippen LogP contribution is -2.10. The van der Waals surface area contributed by atoms with E-state index < -0.39 is 0 Å². The van der Waals surface area contributed by atoms with Gasteiger partial charge in [-0.15, -0.1) is 11.3 Å². The molecule has 244 valence electrons. The molecule has 0 bridgehead atoms. The minimum atomic E-state index is 0.900. The molecule has 11 rings (SSSR count). The lowest BCUT2D eigenvalue weighted by Gasteiger charge is -2.27. The highest BCUT2D eigenvalue weighted by molar-refractivity contribution is 7.26. The van der Waals surface area contributed by atoms with E-state index in [9.17, 15) is 0 Å². The molecule has 0 amide bonds. The quantitative estimate of drug-likeness (QED) is 0.181. The molecule has 11 aromatic rings. The maximum atomic E-state index is 6.48. The molecule has 0 atom stereocenters. The number of rotatable bonds is 5. The molecule has 0 saturated carbocycles. The summed E-state index contributed by atoms with van der Waals surface area (Å²) in [5.74, 6) is 0. The van der Waals surface area contributed by atoms with Crippen LogP contribution < -0.4 is 4.90 Å². The minimum absolute atomic E-state index is 0.900. The predicted octanol–water partition coefficient (Wildman–Crippen LogP) is 14.7. The Hall–Kier alpha value is -6.62. The third kappa shape index (κ3) is 4.51. The third-order valence-electron chi connectivity index (χ3n) is 10.3. The van der Waals surface area contributed by atoms with Gasteiger partial charge in [-0.05, 0) is 77.4 Å². The van der Waals surface area contributed by atoms with Crippen LogP contribution in [0.5, 0.6) is 0 Å². The largest absolute Gasteiger partial charge is 0.456 e. The summed E-state index contributed by atoms with van der Waals surface area (Å²) >= 11 is 1.85. The van der Waals surface area contributed by atoms with Crippen LogP contribution in [0.4, 0.5) is 17.1 Å². The summed E-state index contributed by atoms with van der Waals surface area (Å²) in [6.45, 7) is 0. The summed E-state index contributed by atoms with van der Waals surface area (Å²) in [6, 6.07) is 62.6. The summed E-state index contributed by atoms with van der Waals surface area (Å²) in [5.41, 5.74) is 11.4. The molecule has 3 aromatic heterocycles. The number of thiophene rings is 1. The Labute approximate surface area is 303 Å². The minimum Gasteiger partial charge on any atom is -0.456 e. The predicted molar refractivity (Wildman–Crippen MR) is 219 cm³/mol. The number of benzene rings is 8. The molecule has 3 nitrogen and oxygen atoms in total. The first-order chi connectivity index (χ1) is 25.8. The Morgan fingerprint density at radius 2 is 1.04 bits per heavy atom. The second kappa shape index (κ2) is 11.5. The second-order valence-electron chi connectivity index (χ2n) is 13.3. The van der Waals surface area contributed by atoms with E-state index in [4.69, 9.17) is 8.83 Å². The van der Waals surface area contributed by atoms with Gasteiger partial charge in [0.2, 0.25) is 0 Å². The number of hydrogen-bond acceptors (Lipinski definition) is 4. The Morgan fingerprint density at radius 3 is 1.90 bits per heavy atom. The highest BCUT2D eigenvalue weighted by Gasteiger charge is 2.20. The fraction of sp³-hybridized carbons (Fsp3) is 0. The van der Waals surface area contributed by atoms with Crippen LogP contribution in [0.3, 0.4) is 0 Å². The first-order valence-corrected chi connectivity index (χ1v) is 18.3. The first kappa shape index (κ1) is 29.1. The van der Waals surface area contributed by atoms with Crippen molar-refractivity contribution in [3.63, 3.8) is 0 Å². The van der Waals surface area contributed by atoms with Crippen LogP contribution in [0.1, 0.15) is 0 Å². The summed E-state index contributed by atoms with van der Waals surface area (Å²) < 4.78 is 15.3. The molecule has 0 saturated heterocycles. The molecular weight excluding hydrogens is 655 g/mol. The van der Waals surface area contributed by atoms with Crippen LogP contribution in [0.25, 0.3) is 86.3 Å². The summed E-state index contributed by atoms with van der Waals surface area (Å²) in [6.07, 6.45) is 0. The van der Waals surface area contributed by atoms with Crippen molar-refractivity contribution in [2.75, 3.05) is 4.90 Å². The number of anilines is 3. The van der Waals surface area contributed by atoms with E-state index in [2.05, 4.69) is 157 Å². The van der Waals surface area contributed by atoms with Gasteiger partial charge >= 0.3 is 0 Å². The van der Waals surface area contributed by atoms with E-state index in [1.54, 1.807) is 0 Å². The molecular formula is C48H29NO2S. The van der Waals surface area contributed by atoms with Crippen molar-refractivity contribution in [3.05, 3.63) is 176 Å². The maximum absolute atomic E-state index is 6.48. The molecule has 0 aliphatic rings. The Morgan fingerprint density at radius 1 is 0.385 bits per heavy atom. The normalized spacial score (nSPS) is 11.8. The van der Waals surface area contributed by atoms with E-state index in [1.165, 1.54) is 20.2 Å². The lowest BCUT2D eigenvalue weighted by molar-refractivity contribution is 0.669. The summed E-state index contributed by atoms with van der Waals surface area (Å²) in [7, 11) is 0. The Bertz CT molecular complexity index is 3150. The van der Waals surface area contributed by atoms with Crippen LogP contribution in [0.2, 0.25) is 0 Å². The van der Waals surface area contributed by atoms with Gasteiger partial charge in [-0.1, -0.05) is 115 Å². The van der Waals surface area contributed by atoms with E-state index in [0.717, 1.165) is 83.2 Å². The van der Waals surface area contributed by atoms with Crippen LogP contribution in [0, 0.1) is 0 Å². The van der Waals surface area contributed by atoms with Gasteiger partial charge in [0.15, 0.2) is 0 Å². The van der Waals surface area contributed by atoms with Gasteiger partial charge in [0, 0.05) is 54.0 Å². The topological polar surface area (TPSA) is 29.5 Å². The molecule has 4 heteroatoms. The summed E-state index contributed by atoms with van der Waals surface area (Å²) in [4.78, 5) is 2.40. The monoisotopic (exact) mass is 683 g/mol.